The largest absolute Gasteiger partial charge is 0.490 e. The van der Waals surface area contributed by atoms with E-state index in [0.29, 0.717) is 17.6 Å². The second-order valence-electron chi connectivity index (χ2n) is 8.37. The molecule has 34 heavy (non-hydrogen) atoms. The Morgan fingerprint density at radius 1 is 1.26 bits per heavy atom. The molecule has 0 amide bonds. The van der Waals surface area contributed by atoms with E-state index in [0.717, 1.165) is 34.0 Å². The molecule has 1 saturated carbocycles. The molecule has 0 unspecified atom stereocenters. The normalized spacial score (nSPS) is 19.5. The molecule has 9 nitrogen and oxygen atoms in total. The molecular weight excluding hydrogens is 526 g/mol. The maximum absolute atomic E-state index is 11.7. The first-order valence-electron chi connectivity index (χ1n) is 10.8. The number of aliphatic hydroxyl groups is 1. The summed E-state index contributed by atoms with van der Waals surface area (Å²) in [7, 11) is 0. The van der Waals surface area contributed by atoms with Crippen molar-refractivity contribution in [2.45, 2.75) is 44.6 Å². The van der Waals surface area contributed by atoms with Gasteiger partial charge < -0.3 is 14.6 Å². The number of ether oxygens (including phenoxy) is 2. The Labute approximate surface area is 208 Å². The predicted octanol–water partition coefficient (Wildman–Crippen LogP) is 4.46. The van der Waals surface area contributed by atoms with Gasteiger partial charge in [0, 0.05) is 29.0 Å². The van der Waals surface area contributed by atoms with Crippen molar-refractivity contribution in [2.24, 2.45) is 5.92 Å². The molecule has 0 aliphatic heterocycles. The quantitative estimate of drug-likeness (QED) is 0.267. The standard InChI is InChI=1S/C23H21BrClN5O4/c1-12(31)33-19(23(32)30-11-29-20-21(25)27-10-28-22(20)30)6-13-4-17(5-13)34-16-3-2-14-7-15(24)9-26-18(14)8-16/h2-3,7-11,13,17,19,23,32H,4-6H2,1H3/t13?,17?,19-,23-/m1/s1. The first-order valence-corrected chi connectivity index (χ1v) is 11.9. The number of nitrogens with zero attached hydrogens (tertiary/aromatic N) is 5. The summed E-state index contributed by atoms with van der Waals surface area (Å²) in [5.74, 6) is 0.527. The van der Waals surface area contributed by atoms with Crippen LogP contribution in [0.15, 0.2) is 47.6 Å². The lowest BCUT2D eigenvalue weighted by Crippen LogP contribution is -2.39. The van der Waals surface area contributed by atoms with Crippen molar-refractivity contribution in [3.63, 3.8) is 0 Å². The Bertz CT molecular complexity index is 1360. The molecule has 176 valence electrons. The number of pyridine rings is 1. The molecule has 3 aromatic heterocycles. The highest BCUT2D eigenvalue weighted by Crippen LogP contribution is 2.37. The number of hydrogen-bond acceptors (Lipinski definition) is 8. The average Bonchev–Trinajstić information content (AvgIpc) is 3.21. The number of rotatable bonds is 7. The molecule has 1 aliphatic carbocycles. The van der Waals surface area contributed by atoms with Crippen LogP contribution >= 0.6 is 27.5 Å². The second kappa shape index (κ2) is 9.44. The monoisotopic (exact) mass is 545 g/mol. The molecule has 1 fully saturated rings. The minimum Gasteiger partial charge on any atom is -0.490 e. The first-order chi connectivity index (χ1) is 16.4. The zero-order valence-corrected chi connectivity index (χ0v) is 20.5. The minimum atomic E-state index is -1.16. The van der Waals surface area contributed by atoms with Gasteiger partial charge in [0.2, 0.25) is 0 Å². The highest BCUT2D eigenvalue weighted by atomic mass is 79.9. The van der Waals surface area contributed by atoms with Crippen LogP contribution < -0.4 is 4.74 Å². The molecule has 1 aliphatic rings. The summed E-state index contributed by atoms with van der Waals surface area (Å²) >= 11 is 9.49. The molecule has 5 rings (SSSR count). The fourth-order valence-corrected chi connectivity index (χ4v) is 4.80. The van der Waals surface area contributed by atoms with Crippen molar-refractivity contribution >= 4 is 55.6 Å². The lowest BCUT2D eigenvalue weighted by molar-refractivity contribution is -0.159. The van der Waals surface area contributed by atoms with Crippen LogP contribution in [0.3, 0.4) is 0 Å². The van der Waals surface area contributed by atoms with Gasteiger partial charge in [-0.3, -0.25) is 14.3 Å². The van der Waals surface area contributed by atoms with Crippen molar-refractivity contribution in [3.8, 4) is 5.75 Å². The van der Waals surface area contributed by atoms with E-state index in [2.05, 4.69) is 35.9 Å². The van der Waals surface area contributed by atoms with Crippen LogP contribution in [-0.2, 0) is 9.53 Å². The van der Waals surface area contributed by atoms with Crippen LogP contribution in [0.25, 0.3) is 22.1 Å². The van der Waals surface area contributed by atoms with Gasteiger partial charge in [-0.05, 0) is 59.3 Å². The Kier molecular flexibility index (Phi) is 6.37. The van der Waals surface area contributed by atoms with Crippen molar-refractivity contribution in [2.75, 3.05) is 0 Å². The summed E-state index contributed by atoms with van der Waals surface area (Å²) < 4.78 is 14.0. The third-order valence-corrected chi connectivity index (χ3v) is 6.64. The molecule has 4 aromatic rings. The molecule has 0 radical (unpaired) electrons. The van der Waals surface area contributed by atoms with E-state index in [1.54, 1.807) is 6.20 Å². The Morgan fingerprint density at radius 3 is 2.88 bits per heavy atom. The number of imidazole rings is 1. The highest BCUT2D eigenvalue weighted by molar-refractivity contribution is 9.10. The number of carbonyl (C=O) groups is 1. The van der Waals surface area contributed by atoms with Gasteiger partial charge in [0.25, 0.3) is 0 Å². The van der Waals surface area contributed by atoms with E-state index in [1.807, 2.05) is 24.3 Å². The highest BCUT2D eigenvalue weighted by Gasteiger charge is 2.36. The van der Waals surface area contributed by atoms with Crippen LogP contribution in [0.5, 0.6) is 5.75 Å². The molecule has 0 spiro atoms. The number of halogens is 2. The maximum Gasteiger partial charge on any atom is 0.303 e. The molecule has 1 aromatic carbocycles. The van der Waals surface area contributed by atoms with E-state index in [1.165, 1.54) is 24.1 Å². The van der Waals surface area contributed by atoms with Gasteiger partial charge in [-0.1, -0.05) is 11.6 Å². The van der Waals surface area contributed by atoms with Gasteiger partial charge in [0.1, 0.15) is 23.7 Å². The van der Waals surface area contributed by atoms with Gasteiger partial charge in [-0.15, -0.1) is 0 Å². The summed E-state index contributed by atoms with van der Waals surface area (Å²) in [5, 5.41) is 12.2. The summed E-state index contributed by atoms with van der Waals surface area (Å²) in [4.78, 5) is 28.4. The number of hydrogen-bond donors (Lipinski definition) is 1. The van der Waals surface area contributed by atoms with Crippen LogP contribution in [-0.4, -0.2) is 47.8 Å². The van der Waals surface area contributed by atoms with Crippen molar-refractivity contribution in [1.82, 2.24) is 24.5 Å². The lowest BCUT2D eigenvalue weighted by Gasteiger charge is -2.38. The molecule has 1 N–H and O–H groups in total. The molecule has 0 bridgehead atoms. The Balaban J connectivity index is 1.24. The van der Waals surface area contributed by atoms with Crippen LogP contribution in [0.2, 0.25) is 5.15 Å². The number of benzene rings is 1. The summed E-state index contributed by atoms with van der Waals surface area (Å²) in [6.45, 7) is 1.32. The van der Waals surface area contributed by atoms with E-state index >= 15 is 0 Å². The maximum atomic E-state index is 11.7. The van der Waals surface area contributed by atoms with Crippen LogP contribution in [0.1, 0.15) is 32.4 Å². The second-order valence-corrected chi connectivity index (χ2v) is 9.64. The summed E-state index contributed by atoms with van der Waals surface area (Å²) in [5.41, 5.74) is 1.61. The van der Waals surface area contributed by atoms with E-state index in [-0.39, 0.29) is 17.2 Å². The smallest absolute Gasteiger partial charge is 0.303 e. The van der Waals surface area contributed by atoms with Gasteiger partial charge in [-0.25, -0.2) is 15.0 Å². The SMILES string of the molecule is CC(=O)O[C@H](CC1CC(Oc2ccc3cc(Br)cnc3c2)C1)[C@@H](O)n1cnc2c(Cl)ncnc21. The van der Waals surface area contributed by atoms with Gasteiger partial charge in [0.05, 0.1) is 17.9 Å². The molecular formula is C23H21BrClN5O4. The van der Waals surface area contributed by atoms with Crippen LogP contribution in [0.4, 0.5) is 0 Å². The van der Waals surface area contributed by atoms with Gasteiger partial charge in [-0.2, -0.15) is 0 Å². The van der Waals surface area contributed by atoms with Crippen molar-refractivity contribution in [1.29, 1.82) is 0 Å². The Morgan fingerprint density at radius 2 is 2.09 bits per heavy atom. The Hall–Kier alpha value is -2.82. The molecule has 11 heteroatoms. The predicted molar refractivity (Wildman–Crippen MR) is 128 cm³/mol. The van der Waals surface area contributed by atoms with E-state index in [9.17, 15) is 9.90 Å². The molecule has 2 atom stereocenters. The fourth-order valence-electron chi connectivity index (χ4n) is 4.27. The third kappa shape index (κ3) is 4.70. The fraction of sp³-hybridized carbons (Fsp3) is 0.348. The lowest BCUT2D eigenvalue weighted by atomic mass is 9.78. The first kappa shape index (κ1) is 22.9. The molecule has 3 heterocycles. The number of esters is 1. The van der Waals surface area contributed by atoms with E-state index in [4.69, 9.17) is 21.1 Å². The zero-order chi connectivity index (χ0) is 23.8. The van der Waals surface area contributed by atoms with Crippen LogP contribution in [0, 0.1) is 5.92 Å². The van der Waals surface area contributed by atoms with E-state index < -0.39 is 18.3 Å². The summed E-state index contributed by atoms with van der Waals surface area (Å²) in [6.07, 6.45) is 4.65. The number of aliphatic hydroxyl groups excluding tert-OH is 1. The molecule has 0 saturated heterocycles. The number of carbonyl (C=O) groups excluding carboxylic acids is 1. The number of fused-ring (bicyclic) bond motifs is 2. The van der Waals surface area contributed by atoms with Crippen molar-refractivity contribution in [3.05, 3.63) is 52.7 Å². The van der Waals surface area contributed by atoms with Gasteiger partial charge in [0.15, 0.2) is 17.0 Å². The van der Waals surface area contributed by atoms with Gasteiger partial charge >= 0.3 is 5.97 Å². The topological polar surface area (TPSA) is 112 Å². The summed E-state index contributed by atoms with van der Waals surface area (Å²) in [6, 6.07) is 7.86. The zero-order valence-electron chi connectivity index (χ0n) is 18.1. The average molecular weight is 547 g/mol. The number of aromatic nitrogens is 5. The van der Waals surface area contributed by atoms with Crippen molar-refractivity contribution < 1.29 is 19.4 Å². The third-order valence-electron chi connectivity index (χ3n) is 5.93. The minimum absolute atomic E-state index is 0.0497.